The minimum atomic E-state index is -4.40. The molecule has 1 aliphatic rings. The maximum atomic E-state index is 12.6. The third kappa shape index (κ3) is 6.81. The zero-order valence-electron chi connectivity index (χ0n) is 17.9. The zero-order chi connectivity index (χ0) is 24.0. The quantitative estimate of drug-likeness (QED) is 0.631. The van der Waals surface area contributed by atoms with Crippen LogP contribution in [0.1, 0.15) is 35.1 Å². The Bertz CT molecular complexity index is 988. The van der Waals surface area contributed by atoms with Gasteiger partial charge < -0.3 is 15.3 Å². The molecule has 0 saturated carbocycles. The van der Waals surface area contributed by atoms with Crippen LogP contribution < -0.4 is 5.32 Å². The number of carbonyl (C=O) groups is 3. The predicted molar refractivity (Wildman–Crippen MR) is 114 cm³/mol. The number of likely N-dealkylation sites (tertiary alicyclic amines) is 1. The summed E-state index contributed by atoms with van der Waals surface area (Å²) in [5.74, 6) is -1.46. The van der Waals surface area contributed by atoms with Crippen molar-refractivity contribution in [2.45, 2.75) is 44.3 Å². The van der Waals surface area contributed by atoms with Crippen molar-refractivity contribution in [2.24, 2.45) is 0 Å². The molecule has 1 saturated heterocycles. The highest BCUT2D eigenvalue weighted by Crippen LogP contribution is 2.29. The van der Waals surface area contributed by atoms with Crippen LogP contribution in [0.15, 0.2) is 48.5 Å². The summed E-state index contributed by atoms with van der Waals surface area (Å²) in [5.41, 5.74) is 1.48. The van der Waals surface area contributed by atoms with Crippen molar-refractivity contribution in [3.05, 3.63) is 70.8 Å². The monoisotopic (exact) mass is 462 g/mol. The minimum absolute atomic E-state index is 0.00692. The summed E-state index contributed by atoms with van der Waals surface area (Å²) in [6.45, 7) is 0.825. The number of aliphatic carboxylic acids is 1. The second kappa shape index (κ2) is 10.5. The molecule has 2 aromatic carbocycles. The van der Waals surface area contributed by atoms with E-state index in [4.69, 9.17) is 0 Å². The molecular weight excluding hydrogens is 437 g/mol. The van der Waals surface area contributed by atoms with E-state index >= 15 is 0 Å². The minimum Gasteiger partial charge on any atom is -0.480 e. The molecule has 0 aromatic heterocycles. The molecule has 1 fully saturated rings. The molecule has 2 N–H and O–H groups in total. The number of rotatable bonds is 8. The van der Waals surface area contributed by atoms with Gasteiger partial charge >= 0.3 is 12.1 Å². The second-order valence-corrected chi connectivity index (χ2v) is 8.05. The number of carbonyl (C=O) groups excluding carboxylic acids is 2. The first-order valence-electron chi connectivity index (χ1n) is 10.7. The number of amides is 2. The standard InChI is InChI=1S/C24H25F3N2O4/c25-24(26,27)19-9-7-17(8-10-19)14-21(30)28-12-11-16-3-5-18(6-4-16)15-22(31)29-13-1-2-20(29)23(32)33/h3-10,20H,1-2,11-15H2,(H,28,30)(H,32,33). The Morgan fingerprint density at radius 3 is 2.12 bits per heavy atom. The fraction of sp³-hybridized carbons (Fsp3) is 0.375. The van der Waals surface area contributed by atoms with Crippen LogP contribution in [0.3, 0.4) is 0 Å². The summed E-state index contributed by atoms with van der Waals surface area (Å²) in [4.78, 5) is 37.1. The van der Waals surface area contributed by atoms with Gasteiger partial charge in [0, 0.05) is 13.1 Å². The smallest absolute Gasteiger partial charge is 0.416 e. The number of halogens is 3. The molecule has 0 spiro atoms. The van der Waals surface area contributed by atoms with Gasteiger partial charge in [-0.15, -0.1) is 0 Å². The highest BCUT2D eigenvalue weighted by atomic mass is 19.4. The summed E-state index contributed by atoms with van der Waals surface area (Å²) in [6.07, 6.45) is -2.56. The van der Waals surface area contributed by atoms with Gasteiger partial charge in [0.2, 0.25) is 11.8 Å². The molecule has 6 nitrogen and oxygen atoms in total. The summed E-state index contributed by atoms with van der Waals surface area (Å²) < 4.78 is 37.8. The molecule has 3 rings (SSSR count). The Kier molecular flexibility index (Phi) is 7.73. The van der Waals surface area contributed by atoms with Gasteiger partial charge in [-0.25, -0.2) is 4.79 Å². The molecule has 1 atom stereocenters. The van der Waals surface area contributed by atoms with E-state index in [0.29, 0.717) is 37.9 Å². The van der Waals surface area contributed by atoms with Gasteiger partial charge in [0.25, 0.3) is 0 Å². The van der Waals surface area contributed by atoms with Crippen LogP contribution in [0.4, 0.5) is 13.2 Å². The fourth-order valence-electron chi connectivity index (χ4n) is 3.83. The van der Waals surface area contributed by atoms with Crippen LogP contribution in [0.25, 0.3) is 0 Å². The van der Waals surface area contributed by atoms with Gasteiger partial charge in [-0.1, -0.05) is 36.4 Å². The van der Waals surface area contributed by atoms with Crippen LogP contribution in [0.5, 0.6) is 0 Å². The molecule has 0 bridgehead atoms. The molecular formula is C24H25F3N2O4. The Morgan fingerprint density at radius 1 is 0.939 bits per heavy atom. The molecule has 2 amide bonds. The van der Waals surface area contributed by atoms with E-state index < -0.39 is 23.8 Å². The molecule has 9 heteroatoms. The molecule has 33 heavy (non-hydrogen) atoms. The van der Waals surface area contributed by atoms with E-state index in [0.717, 1.165) is 23.3 Å². The van der Waals surface area contributed by atoms with Crippen LogP contribution in [-0.2, 0) is 39.8 Å². The zero-order valence-corrected chi connectivity index (χ0v) is 17.9. The van der Waals surface area contributed by atoms with E-state index in [1.54, 1.807) is 0 Å². The SMILES string of the molecule is O=C(Cc1ccc(C(F)(F)F)cc1)NCCc1ccc(CC(=O)N2CCCC2C(=O)O)cc1. The van der Waals surface area contributed by atoms with Crippen molar-refractivity contribution in [1.82, 2.24) is 10.2 Å². The number of nitrogens with zero attached hydrogens (tertiary/aromatic N) is 1. The molecule has 1 heterocycles. The van der Waals surface area contributed by atoms with Crippen molar-refractivity contribution in [3.8, 4) is 0 Å². The summed E-state index contributed by atoms with van der Waals surface area (Å²) >= 11 is 0. The third-order valence-electron chi connectivity index (χ3n) is 5.62. The van der Waals surface area contributed by atoms with Crippen LogP contribution >= 0.6 is 0 Å². The number of hydrogen-bond acceptors (Lipinski definition) is 3. The normalized spacial score (nSPS) is 16.0. The molecule has 1 aliphatic heterocycles. The van der Waals surface area contributed by atoms with E-state index in [2.05, 4.69) is 5.32 Å². The maximum absolute atomic E-state index is 12.6. The van der Waals surface area contributed by atoms with Gasteiger partial charge in [-0.2, -0.15) is 13.2 Å². The lowest BCUT2D eigenvalue weighted by atomic mass is 10.1. The third-order valence-corrected chi connectivity index (χ3v) is 5.62. The van der Waals surface area contributed by atoms with Crippen LogP contribution in [-0.4, -0.2) is 46.9 Å². The summed E-state index contributed by atoms with van der Waals surface area (Å²) in [5, 5.41) is 12.0. The first-order valence-corrected chi connectivity index (χ1v) is 10.7. The largest absolute Gasteiger partial charge is 0.480 e. The fourth-order valence-corrected chi connectivity index (χ4v) is 3.83. The highest BCUT2D eigenvalue weighted by molar-refractivity contribution is 5.85. The first kappa shape index (κ1) is 24.3. The maximum Gasteiger partial charge on any atom is 0.416 e. The van der Waals surface area contributed by atoms with Gasteiger partial charge in [0.15, 0.2) is 0 Å². The molecule has 0 radical (unpaired) electrons. The van der Waals surface area contributed by atoms with Gasteiger partial charge in [0.1, 0.15) is 6.04 Å². The Morgan fingerprint density at radius 2 is 1.52 bits per heavy atom. The van der Waals surface area contributed by atoms with Crippen LogP contribution in [0, 0.1) is 0 Å². The summed E-state index contributed by atoms with van der Waals surface area (Å²) in [7, 11) is 0. The van der Waals surface area contributed by atoms with E-state index in [1.807, 2.05) is 24.3 Å². The predicted octanol–water partition coefficient (Wildman–Crippen LogP) is 3.22. The molecule has 176 valence electrons. The number of hydrogen-bond donors (Lipinski definition) is 2. The lowest BCUT2D eigenvalue weighted by Crippen LogP contribution is -2.41. The van der Waals surface area contributed by atoms with Gasteiger partial charge in [-0.3, -0.25) is 9.59 Å². The van der Waals surface area contributed by atoms with Crippen molar-refractivity contribution >= 4 is 17.8 Å². The number of nitrogens with one attached hydrogen (secondary N) is 1. The number of benzene rings is 2. The Balaban J connectivity index is 1.42. The van der Waals surface area contributed by atoms with Crippen molar-refractivity contribution < 1.29 is 32.7 Å². The Labute approximate surface area is 189 Å². The molecule has 1 unspecified atom stereocenters. The summed E-state index contributed by atoms with van der Waals surface area (Å²) in [6, 6.07) is 11.1. The molecule has 2 aromatic rings. The topological polar surface area (TPSA) is 86.7 Å². The van der Waals surface area contributed by atoms with E-state index in [-0.39, 0.29) is 24.7 Å². The lowest BCUT2D eigenvalue weighted by Gasteiger charge is -2.21. The van der Waals surface area contributed by atoms with Gasteiger partial charge in [0.05, 0.1) is 18.4 Å². The average Bonchev–Trinajstić information content (AvgIpc) is 3.25. The number of alkyl halides is 3. The average molecular weight is 462 g/mol. The lowest BCUT2D eigenvalue weighted by molar-refractivity contribution is -0.148. The second-order valence-electron chi connectivity index (χ2n) is 8.05. The van der Waals surface area contributed by atoms with E-state index in [9.17, 15) is 32.7 Å². The van der Waals surface area contributed by atoms with Crippen LogP contribution in [0.2, 0.25) is 0 Å². The Hall–Kier alpha value is -3.36. The first-order chi connectivity index (χ1) is 15.6. The van der Waals surface area contributed by atoms with E-state index in [1.165, 1.54) is 17.0 Å². The van der Waals surface area contributed by atoms with Gasteiger partial charge in [-0.05, 0) is 48.1 Å². The van der Waals surface area contributed by atoms with Crippen molar-refractivity contribution in [3.63, 3.8) is 0 Å². The highest BCUT2D eigenvalue weighted by Gasteiger charge is 2.33. The number of carboxylic acid groups (broad SMARTS) is 1. The molecule has 0 aliphatic carbocycles. The number of carboxylic acids is 1. The van der Waals surface area contributed by atoms with Crippen molar-refractivity contribution in [2.75, 3.05) is 13.1 Å². The van der Waals surface area contributed by atoms with Crippen molar-refractivity contribution in [1.29, 1.82) is 0 Å².